The lowest BCUT2D eigenvalue weighted by Gasteiger charge is -2.36. The molecule has 1 aliphatic rings. The van der Waals surface area contributed by atoms with Gasteiger partial charge < -0.3 is 9.80 Å². The molecule has 2 aromatic rings. The summed E-state index contributed by atoms with van der Waals surface area (Å²) in [5, 5.41) is 1.22. The lowest BCUT2D eigenvalue weighted by molar-refractivity contribution is 0.639. The minimum absolute atomic E-state index is 0.596. The average Bonchev–Trinajstić information content (AvgIpc) is 2.50. The predicted octanol–water partition coefficient (Wildman–Crippen LogP) is 3.42. The molecule has 0 radical (unpaired) electrons. The van der Waals surface area contributed by atoms with Crippen LogP contribution in [0.15, 0.2) is 30.5 Å². The Kier molecular flexibility index (Phi) is 4.17. The van der Waals surface area contributed by atoms with Gasteiger partial charge in [-0.05, 0) is 25.1 Å². The largest absolute Gasteiger partial charge is 0.367 e. The van der Waals surface area contributed by atoms with Gasteiger partial charge in [0, 0.05) is 38.1 Å². The van der Waals surface area contributed by atoms with Gasteiger partial charge in [-0.15, -0.1) is 0 Å². The summed E-state index contributed by atoms with van der Waals surface area (Å²) in [6.07, 6.45) is 1.80. The van der Waals surface area contributed by atoms with Crippen LogP contribution in [0.4, 0.5) is 11.6 Å². The number of aromatic nitrogens is 2. The fraction of sp³-hybridized carbons (Fsp3) is 0.333. The zero-order chi connectivity index (χ0) is 14.8. The van der Waals surface area contributed by atoms with Crippen molar-refractivity contribution in [3.63, 3.8) is 0 Å². The molecule has 1 aliphatic heterocycles. The van der Waals surface area contributed by atoms with Crippen LogP contribution < -0.4 is 9.80 Å². The maximum absolute atomic E-state index is 6.29. The van der Waals surface area contributed by atoms with Crippen LogP contribution in [-0.4, -0.2) is 36.1 Å². The van der Waals surface area contributed by atoms with Gasteiger partial charge in [0.2, 0.25) is 5.95 Å². The van der Waals surface area contributed by atoms with E-state index in [1.54, 1.807) is 6.20 Å². The van der Waals surface area contributed by atoms with Crippen LogP contribution >= 0.6 is 23.2 Å². The molecule has 0 atom stereocenters. The lowest BCUT2D eigenvalue weighted by atomic mass is 10.2. The molecule has 0 spiro atoms. The highest BCUT2D eigenvalue weighted by Crippen LogP contribution is 2.33. The molecule has 1 aromatic carbocycles. The number of hydrogen-bond acceptors (Lipinski definition) is 4. The molecule has 1 aromatic heterocycles. The molecule has 6 heteroatoms. The van der Waals surface area contributed by atoms with Gasteiger partial charge in [-0.1, -0.05) is 29.3 Å². The Labute approximate surface area is 134 Å². The lowest BCUT2D eigenvalue weighted by Crippen LogP contribution is -2.47. The Balaban J connectivity index is 1.72. The van der Waals surface area contributed by atoms with Gasteiger partial charge in [-0.25, -0.2) is 9.97 Å². The Morgan fingerprint density at radius 1 is 1.00 bits per heavy atom. The van der Waals surface area contributed by atoms with Crippen LogP contribution in [-0.2, 0) is 0 Å². The molecule has 1 saturated heterocycles. The van der Waals surface area contributed by atoms with Gasteiger partial charge in [0.1, 0.15) is 0 Å². The summed E-state index contributed by atoms with van der Waals surface area (Å²) in [5.41, 5.74) is 1.98. The van der Waals surface area contributed by atoms with Crippen molar-refractivity contribution in [2.24, 2.45) is 0 Å². The van der Waals surface area contributed by atoms with E-state index in [0.29, 0.717) is 10.0 Å². The Hall–Kier alpha value is -1.52. The predicted molar refractivity (Wildman–Crippen MR) is 87.7 cm³/mol. The highest BCUT2D eigenvalue weighted by atomic mass is 35.5. The number of nitrogens with zero attached hydrogens (tertiary/aromatic N) is 4. The highest BCUT2D eigenvalue weighted by Gasteiger charge is 2.21. The summed E-state index contributed by atoms with van der Waals surface area (Å²) in [6.45, 7) is 5.46. The summed E-state index contributed by atoms with van der Waals surface area (Å²) >= 11 is 12.4. The molecule has 0 amide bonds. The van der Waals surface area contributed by atoms with E-state index in [2.05, 4.69) is 19.8 Å². The first-order valence-corrected chi connectivity index (χ1v) is 7.64. The zero-order valence-corrected chi connectivity index (χ0v) is 13.3. The summed E-state index contributed by atoms with van der Waals surface area (Å²) in [5.74, 6) is 0.798. The molecule has 0 N–H and O–H groups in total. The monoisotopic (exact) mass is 322 g/mol. The standard InChI is InChI=1S/C15H16Cl2N4/c1-11-5-6-18-15(19-11)21-9-7-20(8-10-21)13-4-2-3-12(16)14(13)17/h2-6H,7-10H2,1H3. The second-order valence-corrected chi connectivity index (χ2v) is 5.83. The van der Waals surface area contributed by atoms with E-state index in [0.717, 1.165) is 43.5 Å². The SMILES string of the molecule is Cc1ccnc(N2CCN(c3cccc(Cl)c3Cl)CC2)n1. The van der Waals surface area contributed by atoms with E-state index in [-0.39, 0.29) is 0 Å². The van der Waals surface area contributed by atoms with Crippen LogP contribution in [0.1, 0.15) is 5.69 Å². The summed E-state index contributed by atoms with van der Waals surface area (Å²) in [7, 11) is 0. The average molecular weight is 323 g/mol. The van der Waals surface area contributed by atoms with Gasteiger partial charge in [0.15, 0.2) is 0 Å². The first-order valence-electron chi connectivity index (χ1n) is 6.89. The normalized spacial score (nSPS) is 15.4. The molecule has 2 heterocycles. The fourth-order valence-corrected chi connectivity index (χ4v) is 2.89. The first kappa shape index (κ1) is 14.4. The third-order valence-corrected chi connectivity index (χ3v) is 4.43. The number of halogens is 2. The van der Waals surface area contributed by atoms with Crippen molar-refractivity contribution in [1.82, 2.24) is 9.97 Å². The van der Waals surface area contributed by atoms with E-state index in [4.69, 9.17) is 23.2 Å². The van der Waals surface area contributed by atoms with Gasteiger partial charge in [0.25, 0.3) is 0 Å². The molecule has 0 saturated carbocycles. The van der Waals surface area contributed by atoms with E-state index < -0.39 is 0 Å². The van der Waals surface area contributed by atoms with E-state index in [1.165, 1.54) is 0 Å². The van der Waals surface area contributed by atoms with Crippen molar-refractivity contribution in [2.75, 3.05) is 36.0 Å². The second kappa shape index (κ2) is 6.08. The molecule has 0 aliphatic carbocycles. The van der Waals surface area contributed by atoms with Crippen LogP contribution in [0.3, 0.4) is 0 Å². The molecular weight excluding hydrogens is 307 g/mol. The third-order valence-electron chi connectivity index (χ3n) is 3.62. The van der Waals surface area contributed by atoms with Gasteiger partial charge in [0.05, 0.1) is 15.7 Å². The minimum Gasteiger partial charge on any atom is -0.367 e. The Morgan fingerprint density at radius 2 is 1.71 bits per heavy atom. The summed E-state index contributed by atoms with van der Waals surface area (Å²) < 4.78 is 0. The maximum Gasteiger partial charge on any atom is 0.225 e. The van der Waals surface area contributed by atoms with E-state index in [9.17, 15) is 0 Å². The fourth-order valence-electron chi connectivity index (χ4n) is 2.47. The quantitative estimate of drug-likeness (QED) is 0.848. The van der Waals surface area contributed by atoms with E-state index in [1.807, 2.05) is 31.2 Å². The first-order chi connectivity index (χ1) is 10.1. The third kappa shape index (κ3) is 3.06. The summed E-state index contributed by atoms with van der Waals surface area (Å²) in [6, 6.07) is 7.66. The molecule has 110 valence electrons. The maximum atomic E-state index is 6.29. The topological polar surface area (TPSA) is 32.3 Å². The number of rotatable bonds is 2. The second-order valence-electron chi connectivity index (χ2n) is 5.05. The van der Waals surface area contributed by atoms with Crippen LogP contribution in [0.5, 0.6) is 0 Å². The molecule has 0 bridgehead atoms. The van der Waals surface area contributed by atoms with Crippen LogP contribution in [0, 0.1) is 6.92 Å². The van der Waals surface area contributed by atoms with Crippen molar-refractivity contribution in [2.45, 2.75) is 6.92 Å². The van der Waals surface area contributed by atoms with Gasteiger partial charge in [-0.3, -0.25) is 0 Å². The molecule has 4 nitrogen and oxygen atoms in total. The number of hydrogen-bond donors (Lipinski definition) is 0. The van der Waals surface area contributed by atoms with Crippen LogP contribution in [0.25, 0.3) is 0 Å². The Morgan fingerprint density at radius 3 is 2.43 bits per heavy atom. The number of anilines is 2. The van der Waals surface area contributed by atoms with Gasteiger partial charge >= 0.3 is 0 Å². The van der Waals surface area contributed by atoms with Crippen molar-refractivity contribution in [3.8, 4) is 0 Å². The number of aryl methyl sites for hydroxylation is 1. The molecule has 1 fully saturated rings. The van der Waals surface area contributed by atoms with E-state index >= 15 is 0 Å². The highest BCUT2D eigenvalue weighted by molar-refractivity contribution is 6.43. The summed E-state index contributed by atoms with van der Waals surface area (Å²) in [4.78, 5) is 13.3. The van der Waals surface area contributed by atoms with Crippen molar-refractivity contribution in [3.05, 3.63) is 46.2 Å². The van der Waals surface area contributed by atoms with Crippen LogP contribution in [0.2, 0.25) is 10.0 Å². The molecule has 0 unspecified atom stereocenters. The van der Waals surface area contributed by atoms with Gasteiger partial charge in [-0.2, -0.15) is 0 Å². The molecule has 3 rings (SSSR count). The Bertz CT molecular complexity index is 639. The number of benzene rings is 1. The van der Waals surface area contributed by atoms with Crippen molar-refractivity contribution < 1.29 is 0 Å². The van der Waals surface area contributed by atoms with Crippen molar-refractivity contribution in [1.29, 1.82) is 0 Å². The van der Waals surface area contributed by atoms with Crippen molar-refractivity contribution >= 4 is 34.8 Å². The smallest absolute Gasteiger partial charge is 0.225 e. The molecule has 21 heavy (non-hydrogen) atoms. The zero-order valence-electron chi connectivity index (χ0n) is 11.8. The number of piperazine rings is 1. The minimum atomic E-state index is 0.596. The molecular formula is C15H16Cl2N4.